The van der Waals surface area contributed by atoms with Crippen LogP contribution in [-0.4, -0.2) is 19.2 Å². The summed E-state index contributed by atoms with van der Waals surface area (Å²) in [6, 6.07) is 15.2. The Morgan fingerprint density at radius 2 is 1.83 bits per heavy atom. The van der Waals surface area contributed by atoms with Gasteiger partial charge in [-0.25, -0.2) is 4.79 Å². The largest absolute Gasteiger partial charge is 0.492 e. The van der Waals surface area contributed by atoms with Crippen LogP contribution in [0.1, 0.15) is 17.5 Å². The molecule has 2 aromatic rings. The molecule has 2 aromatic carbocycles. The van der Waals surface area contributed by atoms with Gasteiger partial charge in [0.25, 0.3) is 0 Å². The lowest BCUT2D eigenvalue weighted by molar-refractivity contribution is 0.238. The minimum atomic E-state index is -0.177. The van der Waals surface area contributed by atoms with Gasteiger partial charge in [-0.2, -0.15) is 0 Å². The molecule has 0 radical (unpaired) electrons. The summed E-state index contributed by atoms with van der Waals surface area (Å²) in [5, 5.41) is 6.22. The molecular weight excluding hydrogens is 312 g/mol. The number of amides is 2. The van der Waals surface area contributed by atoms with Crippen molar-refractivity contribution in [3.05, 3.63) is 64.7 Å². The van der Waals surface area contributed by atoms with Crippen LogP contribution in [0.25, 0.3) is 0 Å². The molecule has 0 spiro atoms. The number of urea groups is 1. The molecule has 0 saturated heterocycles. The minimum Gasteiger partial charge on any atom is -0.492 e. The molecule has 2 amide bonds. The van der Waals surface area contributed by atoms with Gasteiger partial charge < -0.3 is 15.4 Å². The van der Waals surface area contributed by atoms with Gasteiger partial charge in [-0.05, 0) is 31.0 Å². The summed E-state index contributed by atoms with van der Waals surface area (Å²) in [4.78, 5) is 11.7. The topological polar surface area (TPSA) is 50.4 Å². The van der Waals surface area contributed by atoms with E-state index in [2.05, 4.69) is 10.6 Å². The predicted molar refractivity (Wildman–Crippen MR) is 93.0 cm³/mol. The Labute approximate surface area is 141 Å². The first-order chi connectivity index (χ1) is 11.1. The Morgan fingerprint density at radius 1 is 1.09 bits per heavy atom. The fourth-order valence-corrected chi connectivity index (χ4v) is 2.16. The smallest absolute Gasteiger partial charge is 0.315 e. The molecule has 0 fully saturated rings. The van der Waals surface area contributed by atoms with E-state index in [0.29, 0.717) is 36.9 Å². The maximum Gasteiger partial charge on any atom is 0.315 e. The SMILES string of the molecule is Cc1ccc(CNC(=O)NCCCOc2ccccc2Cl)cc1. The van der Waals surface area contributed by atoms with Crippen molar-refractivity contribution in [2.75, 3.05) is 13.2 Å². The predicted octanol–water partition coefficient (Wildman–Crippen LogP) is 3.92. The zero-order chi connectivity index (χ0) is 16.5. The highest BCUT2D eigenvalue weighted by atomic mass is 35.5. The van der Waals surface area contributed by atoms with Gasteiger partial charge in [-0.1, -0.05) is 53.6 Å². The number of carbonyl (C=O) groups is 1. The molecule has 5 heteroatoms. The van der Waals surface area contributed by atoms with Crippen molar-refractivity contribution in [1.82, 2.24) is 10.6 Å². The van der Waals surface area contributed by atoms with E-state index in [1.54, 1.807) is 6.07 Å². The molecule has 2 N–H and O–H groups in total. The third kappa shape index (κ3) is 6.20. The van der Waals surface area contributed by atoms with Gasteiger partial charge in [0.1, 0.15) is 5.75 Å². The number of ether oxygens (including phenoxy) is 1. The van der Waals surface area contributed by atoms with Gasteiger partial charge in [0, 0.05) is 13.1 Å². The maximum atomic E-state index is 11.7. The number of para-hydroxylation sites is 1. The maximum absolute atomic E-state index is 11.7. The van der Waals surface area contributed by atoms with E-state index < -0.39 is 0 Å². The van der Waals surface area contributed by atoms with Crippen molar-refractivity contribution in [2.45, 2.75) is 19.9 Å². The van der Waals surface area contributed by atoms with Gasteiger partial charge in [-0.15, -0.1) is 0 Å². The summed E-state index contributed by atoms with van der Waals surface area (Å²) in [6.07, 6.45) is 0.711. The monoisotopic (exact) mass is 332 g/mol. The van der Waals surface area contributed by atoms with Crippen molar-refractivity contribution in [3.8, 4) is 5.75 Å². The summed E-state index contributed by atoms with van der Waals surface area (Å²) in [7, 11) is 0. The lowest BCUT2D eigenvalue weighted by atomic mass is 10.1. The van der Waals surface area contributed by atoms with Crippen molar-refractivity contribution in [2.24, 2.45) is 0 Å². The summed E-state index contributed by atoms with van der Waals surface area (Å²) in [5.41, 5.74) is 2.28. The fraction of sp³-hybridized carbons (Fsp3) is 0.278. The number of hydrogen-bond donors (Lipinski definition) is 2. The Hall–Kier alpha value is -2.20. The molecule has 0 bridgehead atoms. The van der Waals surface area contributed by atoms with E-state index in [9.17, 15) is 4.79 Å². The lowest BCUT2D eigenvalue weighted by Crippen LogP contribution is -2.36. The van der Waals surface area contributed by atoms with Crippen molar-refractivity contribution < 1.29 is 9.53 Å². The highest BCUT2D eigenvalue weighted by Crippen LogP contribution is 2.22. The number of nitrogens with one attached hydrogen (secondary N) is 2. The number of hydrogen-bond acceptors (Lipinski definition) is 2. The lowest BCUT2D eigenvalue weighted by Gasteiger charge is -2.09. The van der Waals surface area contributed by atoms with Crippen LogP contribution in [0.15, 0.2) is 48.5 Å². The Kier molecular flexibility index (Phi) is 6.76. The van der Waals surface area contributed by atoms with Crippen LogP contribution in [0.4, 0.5) is 4.79 Å². The molecule has 2 rings (SSSR count). The van der Waals surface area contributed by atoms with Crippen LogP contribution in [0, 0.1) is 6.92 Å². The normalized spacial score (nSPS) is 10.2. The van der Waals surface area contributed by atoms with Gasteiger partial charge >= 0.3 is 6.03 Å². The van der Waals surface area contributed by atoms with Crippen molar-refractivity contribution in [1.29, 1.82) is 0 Å². The second-order valence-corrected chi connectivity index (χ2v) is 5.63. The Bertz CT molecular complexity index is 629. The number of carbonyl (C=O) groups excluding carboxylic acids is 1. The Morgan fingerprint density at radius 3 is 2.57 bits per heavy atom. The molecular formula is C18H21ClN2O2. The highest BCUT2D eigenvalue weighted by molar-refractivity contribution is 6.32. The van der Waals surface area contributed by atoms with Crippen LogP contribution < -0.4 is 15.4 Å². The quantitative estimate of drug-likeness (QED) is 0.755. The number of benzene rings is 2. The molecule has 0 aliphatic heterocycles. The molecule has 0 unspecified atom stereocenters. The van der Waals surface area contributed by atoms with E-state index >= 15 is 0 Å². The summed E-state index contributed by atoms with van der Waals surface area (Å²) >= 11 is 5.99. The number of aryl methyl sites for hydroxylation is 1. The Balaban J connectivity index is 1.58. The molecule has 0 saturated carbocycles. The highest BCUT2D eigenvalue weighted by Gasteiger charge is 2.01. The third-order valence-electron chi connectivity index (χ3n) is 3.27. The van der Waals surface area contributed by atoms with Crippen molar-refractivity contribution >= 4 is 17.6 Å². The number of halogens is 1. The summed E-state index contributed by atoms with van der Waals surface area (Å²) in [6.45, 7) is 3.60. The van der Waals surface area contributed by atoms with Crippen LogP contribution in [0.3, 0.4) is 0 Å². The standard InChI is InChI=1S/C18H21ClN2O2/c1-14-7-9-15(10-8-14)13-21-18(22)20-11-4-12-23-17-6-3-2-5-16(17)19/h2-3,5-10H,4,11-13H2,1H3,(H2,20,21,22). The second kappa shape index (κ2) is 9.06. The molecule has 0 aromatic heterocycles. The fourth-order valence-electron chi connectivity index (χ4n) is 1.97. The molecule has 0 heterocycles. The number of rotatable bonds is 7. The second-order valence-electron chi connectivity index (χ2n) is 5.23. The molecule has 0 atom stereocenters. The average molecular weight is 333 g/mol. The van der Waals surface area contributed by atoms with E-state index in [1.165, 1.54) is 5.56 Å². The van der Waals surface area contributed by atoms with Crippen LogP contribution in [0.2, 0.25) is 5.02 Å². The van der Waals surface area contributed by atoms with E-state index in [4.69, 9.17) is 16.3 Å². The van der Waals surface area contributed by atoms with E-state index in [1.807, 2.05) is 49.4 Å². The first-order valence-corrected chi connectivity index (χ1v) is 7.97. The molecule has 23 heavy (non-hydrogen) atoms. The van der Waals surface area contributed by atoms with E-state index in [0.717, 1.165) is 5.56 Å². The summed E-state index contributed by atoms with van der Waals surface area (Å²) in [5.74, 6) is 0.665. The van der Waals surface area contributed by atoms with Gasteiger partial charge in [-0.3, -0.25) is 0 Å². The van der Waals surface area contributed by atoms with Crippen LogP contribution >= 0.6 is 11.6 Å². The first-order valence-electron chi connectivity index (χ1n) is 7.60. The molecule has 122 valence electrons. The van der Waals surface area contributed by atoms with Gasteiger partial charge in [0.15, 0.2) is 0 Å². The zero-order valence-electron chi connectivity index (χ0n) is 13.1. The van der Waals surface area contributed by atoms with Crippen LogP contribution in [0.5, 0.6) is 5.75 Å². The molecule has 4 nitrogen and oxygen atoms in total. The minimum absolute atomic E-state index is 0.177. The van der Waals surface area contributed by atoms with Gasteiger partial charge in [0.05, 0.1) is 11.6 Å². The van der Waals surface area contributed by atoms with Crippen molar-refractivity contribution in [3.63, 3.8) is 0 Å². The first kappa shape index (κ1) is 17.2. The van der Waals surface area contributed by atoms with Gasteiger partial charge in [0.2, 0.25) is 0 Å². The third-order valence-corrected chi connectivity index (χ3v) is 3.59. The van der Waals surface area contributed by atoms with Crippen LogP contribution in [-0.2, 0) is 6.54 Å². The summed E-state index contributed by atoms with van der Waals surface area (Å²) < 4.78 is 5.56. The molecule has 0 aliphatic rings. The molecule has 0 aliphatic carbocycles. The zero-order valence-corrected chi connectivity index (χ0v) is 13.9. The van der Waals surface area contributed by atoms with E-state index in [-0.39, 0.29) is 6.03 Å². The average Bonchev–Trinajstić information content (AvgIpc) is 2.55.